The van der Waals surface area contributed by atoms with Crippen molar-refractivity contribution in [3.63, 3.8) is 0 Å². The third-order valence-electron chi connectivity index (χ3n) is 1.94. The number of ether oxygens (including phenoxy) is 2. The van der Waals surface area contributed by atoms with Gasteiger partial charge < -0.3 is 9.47 Å². The Labute approximate surface area is 93.0 Å². The third kappa shape index (κ3) is 2.83. The molecule has 5 nitrogen and oxygen atoms in total. The van der Waals surface area contributed by atoms with Crippen molar-refractivity contribution in [3.8, 4) is 11.5 Å². The molecule has 0 spiro atoms. The molecule has 90 valence electrons. The Morgan fingerprint density at radius 1 is 1.31 bits per heavy atom. The predicted molar refractivity (Wildman–Crippen MR) is 56.3 cm³/mol. The van der Waals surface area contributed by atoms with Gasteiger partial charge in [0.15, 0.2) is 11.6 Å². The fraction of sp³-hybridized carbons (Fsp3) is 0.333. The summed E-state index contributed by atoms with van der Waals surface area (Å²) >= 11 is 0. The van der Waals surface area contributed by atoms with Crippen molar-refractivity contribution in [2.75, 3.05) is 14.2 Å². The van der Waals surface area contributed by atoms with Gasteiger partial charge in [0.25, 0.3) is 0 Å². The van der Waals surface area contributed by atoms with E-state index < -0.39 is 21.6 Å². The monoisotopic (exact) mass is 249 g/mol. The molecule has 16 heavy (non-hydrogen) atoms. The lowest BCUT2D eigenvalue weighted by atomic mass is 10.2. The van der Waals surface area contributed by atoms with Crippen LogP contribution in [0.3, 0.4) is 0 Å². The van der Waals surface area contributed by atoms with Gasteiger partial charge in [-0.2, -0.15) is 0 Å². The zero-order valence-corrected chi connectivity index (χ0v) is 9.67. The van der Waals surface area contributed by atoms with Crippen LogP contribution in [0, 0.1) is 5.82 Å². The van der Waals surface area contributed by atoms with Crippen LogP contribution in [0.1, 0.15) is 5.56 Å². The highest BCUT2D eigenvalue weighted by Crippen LogP contribution is 2.32. The van der Waals surface area contributed by atoms with Crippen LogP contribution >= 0.6 is 0 Å². The van der Waals surface area contributed by atoms with Gasteiger partial charge in [0, 0.05) is 0 Å². The number of sulfonamides is 1. The lowest BCUT2D eigenvalue weighted by Gasteiger charge is -2.12. The van der Waals surface area contributed by atoms with Gasteiger partial charge in [0.1, 0.15) is 5.75 Å². The maximum Gasteiger partial charge on any atom is 0.213 e. The van der Waals surface area contributed by atoms with E-state index >= 15 is 0 Å². The molecular weight excluding hydrogens is 237 g/mol. The smallest absolute Gasteiger partial charge is 0.213 e. The van der Waals surface area contributed by atoms with Crippen LogP contribution in [0.2, 0.25) is 0 Å². The van der Waals surface area contributed by atoms with Gasteiger partial charge >= 0.3 is 0 Å². The van der Waals surface area contributed by atoms with Crippen LogP contribution in [0.4, 0.5) is 4.39 Å². The highest BCUT2D eigenvalue weighted by atomic mass is 32.2. The summed E-state index contributed by atoms with van der Waals surface area (Å²) in [4.78, 5) is 0. The second-order valence-electron chi connectivity index (χ2n) is 3.07. The third-order valence-corrected chi connectivity index (χ3v) is 2.63. The molecule has 0 bridgehead atoms. The Morgan fingerprint density at radius 3 is 2.38 bits per heavy atom. The van der Waals surface area contributed by atoms with Gasteiger partial charge in [-0.15, -0.1) is 0 Å². The van der Waals surface area contributed by atoms with Crippen molar-refractivity contribution < 1.29 is 22.3 Å². The van der Waals surface area contributed by atoms with Crippen LogP contribution < -0.4 is 14.6 Å². The minimum atomic E-state index is -3.79. The molecule has 0 aliphatic rings. The maximum atomic E-state index is 13.3. The summed E-state index contributed by atoms with van der Waals surface area (Å²) in [5.74, 6) is -1.17. The first-order chi connectivity index (χ1) is 7.39. The number of rotatable bonds is 4. The Hall–Kier alpha value is -1.34. The minimum Gasteiger partial charge on any atom is -0.496 e. The second-order valence-corrected chi connectivity index (χ2v) is 4.68. The average molecular weight is 249 g/mol. The maximum absolute atomic E-state index is 13.3. The van der Waals surface area contributed by atoms with Crippen LogP contribution in [0.25, 0.3) is 0 Å². The molecule has 0 heterocycles. The number of hydrogen-bond donors (Lipinski definition) is 1. The lowest BCUT2D eigenvalue weighted by Crippen LogP contribution is -2.16. The molecule has 1 aromatic carbocycles. The van der Waals surface area contributed by atoms with Gasteiger partial charge in [-0.05, 0) is 12.1 Å². The van der Waals surface area contributed by atoms with Crippen molar-refractivity contribution in [1.29, 1.82) is 0 Å². The van der Waals surface area contributed by atoms with Crippen LogP contribution in [-0.2, 0) is 15.8 Å². The summed E-state index contributed by atoms with van der Waals surface area (Å²) in [6, 6.07) is 2.45. The van der Waals surface area contributed by atoms with E-state index in [1.165, 1.54) is 20.3 Å². The fourth-order valence-electron chi connectivity index (χ4n) is 1.33. The summed E-state index contributed by atoms with van der Waals surface area (Å²) in [7, 11) is -1.20. The van der Waals surface area contributed by atoms with E-state index in [2.05, 4.69) is 0 Å². The summed E-state index contributed by atoms with van der Waals surface area (Å²) in [5.41, 5.74) is 0.0764. The molecule has 0 atom stereocenters. The zero-order valence-electron chi connectivity index (χ0n) is 8.86. The van der Waals surface area contributed by atoms with Crippen molar-refractivity contribution >= 4 is 10.0 Å². The number of nitrogens with two attached hydrogens (primary N) is 1. The van der Waals surface area contributed by atoms with Crippen molar-refractivity contribution in [2.24, 2.45) is 5.14 Å². The number of methoxy groups -OCH3 is 2. The van der Waals surface area contributed by atoms with E-state index in [9.17, 15) is 12.8 Å². The topological polar surface area (TPSA) is 78.6 Å². The molecule has 0 aromatic heterocycles. The first-order valence-electron chi connectivity index (χ1n) is 4.29. The Kier molecular flexibility index (Phi) is 3.71. The van der Waals surface area contributed by atoms with E-state index in [0.29, 0.717) is 0 Å². The predicted octanol–water partition coefficient (Wildman–Crippen LogP) is 0.631. The summed E-state index contributed by atoms with van der Waals surface area (Å²) in [5, 5.41) is 4.90. The Balaban J connectivity index is 3.36. The van der Waals surface area contributed by atoms with Crippen molar-refractivity contribution in [2.45, 2.75) is 5.75 Å². The lowest BCUT2D eigenvalue weighted by molar-refractivity contribution is 0.367. The fourth-order valence-corrected chi connectivity index (χ4v) is 2.01. The minimum absolute atomic E-state index is 0.0764. The number of benzene rings is 1. The number of halogens is 1. The Bertz CT molecular complexity index is 487. The quantitative estimate of drug-likeness (QED) is 0.849. The van der Waals surface area contributed by atoms with E-state index in [1.807, 2.05) is 0 Å². The number of primary sulfonamides is 1. The molecular formula is C9H12FNO4S. The van der Waals surface area contributed by atoms with Gasteiger partial charge in [0.05, 0.1) is 25.5 Å². The van der Waals surface area contributed by atoms with Crippen LogP contribution in [0.5, 0.6) is 11.5 Å². The van der Waals surface area contributed by atoms with Crippen molar-refractivity contribution in [1.82, 2.24) is 0 Å². The van der Waals surface area contributed by atoms with Gasteiger partial charge in [-0.3, -0.25) is 0 Å². The number of hydrogen-bond acceptors (Lipinski definition) is 4. The first-order valence-corrected chi connectivity index (χ1v) is 6.00. The highest BCUT2D eigenvalue weighted by Gasteiger charge is 2.19. The molecule has 0 saturated carbocycles. The van der Waals surface area contributed by atoms with E-state index in [-0.39, 0.29) is 17.1 Å². The molecule has 0 saturated heterocycles. The molecule has 1 aromatic rings. The normalized spacial score (nSPS) is 11.2. The molecule has 2 N–H and O–H groups in total. The van der Waals surface area contributed by atoms with Gasteiger partial charge in [-0.25, -0.2) is 17.9 Å². The summed E-state index contributed by atoms with van der Waals surface area (Å²) in [6.07, 6.45) is 0. The van der Waals surface area contributed by atoms with E-state index in [0.717, 1.165) is 6.07 Å². The van der Waals surface area contributed by atoms with Gasteiger partial charge in [0.2, 0.25) is 10.0 Å². The standard InChI is InChI=1S/C9H12FNO4S/c1-14-8-4-3-7(10)9(15-2)6(8)5-16(11,12)13/h3-4H,5H2,1-2H3,(H2,11,12,13). The molecule has 0 fully saturated rings. The highest BCUT2D eigenvalue weighted by molar-refractivity contribution is 7.88. The van der Waals surface area contributed by atoms with Crippen LogP contribution in [0.15, 0.2) is 12.1 Å². The first kappa shape index (κ1) is 12.7. The summed E-state index contributed by atoms with van der Waals surface area (Å²) < 4.78 is 45.0. The van der Waals surface area contributed by atoms with Crippen LogP contribution in [-0.4, -0.2) is 22.6 Å². The molecule has 0 aliphatic carbocycles. The molecule has 1 rings (SSSR count). The van der Waals surface area contributed by atoms with Crippen molar-refractivity contribution in [3.05, 3.63) is 23.5 Å². The average Bonchev–Trinajstić information content (AvgIpc) is 2.16. The SMILES string of the molecule is COc1ccc(F)c(OC)c1CS(N)(=O)=O. The zero-order chi connectivity index (χ0) is 12.3. The molecule has 7 heteroatoms. The Morgan fingerprint density at radius 2 is 1.94 bits per heavy atom. The van der Waals surface area contributed by atoms with E-state index in [1.54, 1.807) is 0 Å². The molecule has 0 amide bonds. The van der Waals surface area contributed by atoms with E-state index in [4.69, 9.17) is 14.6 Å². The van der Waals surface area contributed by atoms with Gasteiger partial charge in [-0.1, -0.05) is 0 Å². The molecule has 0 unspecified atom stereocenters. The summed E-state index contributed by atoms with van der Waals surface area (Å²) in [6.45, 7) is 0. The molecule has 0 aliphatic heterocycles. The molecule has 0 radical (unpaired) electrons. The largest absolute Gasteiger partial charge is 0.496 e. The second kappa shape index (κ2) is 4.67.